The summed E-state index contributed by atoms with van der Waals surface area (Å²) >= 11 is 20.5. The minimum atomic E-state index is -4.83. The number of hydrogen-bond donors (Lipinski definition) is 1. The molecule has 0 radical (unpaired) electrons. The zero-order chi connectivity index (χ0) is 36.0. The van der Waals surface area contributed by atoms with Crippen LogP contribution in [0, 0.1) is 23.7 Å². The van der Waals surface area contributed by atoms with Crippen LogP contribution in [0.4, 0.5) is 19.0 Å². The highest BCUT2D eigenvalue weighted by Gasteiger charge is 2.75. The Morgan fingerprint density at radius 3 is 2.27 bits per heavy atom. The fourth-order valence-electron chi connectivity index (χ4n) is 7.40. The fourth-order valence-corrected chi connectivity index (χ4v) is 8.60. The lowest BCUT2D eigenvalue weighted by Crippen LogP contribution is -2.60. The molecule has 1 N–H and O–H groups in total. The first-order valence-electron chi connectivity index (χ1n) is 14.8. The van der Waals surface area contributed by atoms with Crippen molar-refractivity contribution in [2.45, 2.75) is 28.8 Å². The van der Waals surface area contributed by atoms with Gasteiger partial charge < -0.3 is 14.6 Å². The standard InChI is InChI=1S/C32H28Cl3F3N4O7/c1-40-28(46)30(34)13-17-15(18(31(30,35)29(40)47)8-5-14-11-20(48-3)24(43)21(12-14)49-4)6-7-16-23(17)27(45)42(26(16)44)41(2)25-19(33)9-10-22(39-25)32(36,37)38/h5-6,8-12,16-18,23,43H,7,13H2,1-4H3. The number of halogens is 6. The molecule has 17 heteroatoms. The molecule has 2 aliphatic carbocycles. The van der Waals surface area contributed by atoms with Crippen molar-refractivity contribution in [1.82, 2.24) is 14.9 Å². The van der Waals surface area contributed by atoms with Gasteiger partial charge in [-0.2, -0.15) is 18.2 Å². The molecule has 0 bridgehead atoms. The summed E-state index contributed by atoms with van der Waals surface area (Å²) in [5.74, 6) is -7.61. The number of carbonyl (C=O) groups is 4. The number of imide groups is 2. The summed E-state index contributed by atoms with van der Waals surface area (Å²) in [5.41, 5.74) is -0.335. The van der Waals surface area contributed by atoms with Crippen LogP contribution in [0.1, 0.15) is 24.1 Å². The summed E-state index contributed by atoms with van der Waals surface area (Å²) in [6.07, 6.45) is -0.265. The van der Waals surface area contributed by atoms with Crippen LogP contribution < -0.4 is 14.5 Å². The number of pyridine rings is 1. The molecule has 3 heterocycles. The number of nitrogens with zero attached hydrogens (tertiary/aromatic N) is 4. The SMILES string of the molecule is COc1cc(C=CC2C3=CCC4C(=O)N(N(C)c5nc(C(F)(F)F)ccc5Cl)C(=O)C4C3CC3(Cl)C(=O)N(C)C(=O)C23Cl)cc(OC)c1O. The van der Waals surface area contributed by atoms with E-state index in [1.165, 1.54) is 40.4 Å². The Kier molecular flexibility index (Phi) is 8.39. The molecular formula is C32H28Cl3F3N4O7. The van der Waals surface area contributed by atoms with E-state index in [1.807, 2.05) is 0 Å². The van der Waals surface area contributed by atoms with E-state index in [0.717, 1.165) is 16.0 Å². The third-order valence-electron chi connectivity index (χ3n) is 9.76. The molecule has 6 unspecified atom stereocenters. The van der Waals surface area contributed by atoms with Gasteiger partial charge >= 0.3 is 6.18 Å². The first kappa shape index (κ1) is 34.8. The van der Waals surface area contributed by atoms with Gasteiger partial charge in [-0.25, -0.2) is 4.98 Å². The fraction of sp³-hybridized carbons (Fsp3) is 0.406. The molecule has 11 nitrogen and oxygen atoms in total. The number of hydrazine groups is 1. The highest BCUT2D eigenvalue weighted by atomic mass is 35.5. The van der Waals surface area contributed by atoms with Crippen LogP contribution in [0.25, 0.3) is 6.08 Å². The molecule has 3 fully saturated rings. The molecule has 260 valence electrons. The molecule has 1 aromatic heterocycles. The number of rotatable bonds is 6. The molecule has 2 saturated heterocycles. The van der Waals surface area contributed by atoms with E-state index in [9.17, 15) is 37.5 Å². The third-order valence-corrected chi connectivity index (χ3v) is 11.5. The third kappa shape index (κ3) is 4.96. The Labute approximate surface area is 292 Å². The summed E-state index contributed by atoms with van der Waals surface area (Å²) in [7, 11) is 5.15. The lowest BCUT2D eigenvalue weighted by atomic mass is 9.57. The van der Waals surface area contributed by atoms with Crippen molar-refractivity contribution < 1.29 is 46.9 Å². The maximum Gasteiger partial charge on any atom is 0.433 e. The molecule has 6 atom stereocenters. The molecule has 2 aliphatic heterocycles. The van der Waals surface area contributed by atoms with E-state index in [4.69, 9.17) is 44.3 Å². The number of anilines is 1. The average Bonchev–Trinajstić information content (AvgIpc) is 3.38. The largest absolute Gasteiger partial charge is 0.502 e. The molecule has 6 rings (SSSR count). The van der Waals surface area contributed by atoms with Gasteiger partial charge in [-0.05, 0) is 48.6 Å². The molecule has 0 spiro atoms. The first-order valence-corrected chi connectivity index (χ1v) is 15.9. The molecule has 4 amide bonds. The van der Waals surface area contributed by atoms with Crippen LogP contribution in [0.15, 0.2) is 42.0 Å². The topological polar surface area (TPSA) is 130 Å². The van der Waals surface area contributed by atoms with Crippen LogP contribution in [0.2, 0.25) is 5.02 Å². The second kappa shape index (κ2) is 11.8. The number of phenolic OH excluding ortho intramolecular Hbond substituents is 1. The number of likely N-dealkylation sites (tertiary alicyclic amines) is 1. The van der Waals surface area contributed by atoms with Gasteiger partial charge in [-0.3, -0.25) is 29.1 Å². The number of phenols is 1. The maximum atomic E-state index is 14.2. The number of aromatic nitrogens is 1. The molecule has 2 aromatic rings. The van der Waals surface area contributed by atoms with Crippen molar-refractivity contribution in [3.05, 3.63) is 58.3 Å². The van der Waals surface area contributed by atoms with Gasteiger partial charge in [0.15, 0.2) is 27.1 Å². The van der Waals surface area contributed by atoms with Gasteiger partial charge in [-0.1, -0.05) is 35.4 Å². The van der Waals surface area contributed by atoms with Gasteiger partial charge in [-0.15, -0.1) is 23.2 Å². The molecule has 4 aliphatic rings. The lowest BCUT2D eigenvalue weighted by molar-refractivity contribution is -0.141. The Hall–Kier alpha value is -4.01. The van der Waals surface area contributed by atoms with Crippen LogP contribution in [-0.4, -0.2) is 81.7 Å². The van der Waals surface area contributed by atoms with E-state index < -0.39 is 74.7 Å². The quantitative estimate of drug-likeness (QED) is 0.245. The monoisotopic (exact) mass is 742 g/mol. The number of alkyl halides is 5. The van der Waals surface area contributed by atoms with Crippen molar-refractivity contribution >= 4 is 70.3 Å². The van der Waals surface area contributed by atoms with Crippen molar-refractivity contribution in [3.63, 3.8) is 0 Å². The predicted molar refractivity (Wildman–Crippen MR) is 171 cm³/mol. The number of ether oxygens (including phenoxy) is 2. The number of fused-ring (bicyclic) bond motifs is 4. The second-order valence-corrected chi connectivity index (χ2v) is 13.8. The molecule has 49 heavy (non-hydrogen) atoms. The van der Waals surface area contributed by atoms with Crippen molar-refractivity contribution in [1.29, 1.82) is 0 Å². The van der Waals surface area contributed by atoms with E-state index in [2.05, 4.69) is 4.98 Å². The molecule has 1 saturated carbocycles. The van der Waals surface area contributed by atoms with E-state index in [1.54, 1.807) is 18.2 Å². The summed E-state index contributed by atoms with van der Waals surface area (Å²) < 4.78 is 51.0. The van der Waals surface area contributed by atoms with Crippen molar-refractivity contribution in [2.24, 2.45) is 23.7 Å². The number of carbonyl (C=O) groups excluding carboxylic acids is 4. The summed E-state index contributed by atoms with van der Waals surface area (Å²) in [4.78, 5) is 55.7. The van der Waals surface area contributed by atoms with Crippen LogP contribution >= 0.6 is 34.8 Å². The predicted octanol–water partition coefficient (Wildman–Crippen LogP) is 5.06. The summed E-state index contributed by atoms with van der Waals surface area (Å²) in [5, 5.41) is 11.7. The first-order chi connectivity index (χ1) is 22.9. The van der Waals surface area contributed by atoms with Gasteiger partial charge in [0, 0.05) is 20.0 Å². The van der Waals surface area contributed by atoms with Crippen LogP contribution in [0.5, 0.6) is 17.2 Å². The average molecular weight is 744 g/mol. The van der Waals surface area contributed by atoms with Gasteiger partial charge in [0.25, 0.3) is 23.6 Å². The normalized spacial score (nSPS) is 29.6. The van der Waals surface area contributed by atoms with Gasteiger partial charge in [0.1, 0.15) is 5.69 Å². The van der Waals surface area contributed by atoms with Gasteiger partial charge in [0.05, 0.1) is 31.1 Å². The zero-order valence-electron chi connectivity index (χ0n) is 26.2. The van der Waals surface area contributed by atoms with Crippen LogP contribution in [-0.2, 0) is 25.4 Å². The summed E-state index contributed by atoms with van der Waals surface area (Å²) in [6.45, 7) is 0. The number of allylic oxidation sites excluding steroid dienone is 3. The van der Waals surface area contributed by atoms with Crippen LogP contribution in [0.3, 0.4) is 0 Å². The smallest absolute Gasteiger partial charge is 0.433 e. The molecule has 1 aromatic carbocycles. The zero-order valence-corrected chi connectivity index (χ0v) is 28.5. The summed E-state index contributed by atoms with van der Waals surface area (Å²) in [6, 6.07) is 4.65. The minimum absolute atomic E-state index is 0.0145. The Morgan fingerprint density at radius 2 is 1.67 bits per heavy atom. The van der Waals surface area contributed by atoms with Crippen molar-refractivity contribution in [2.75, 3.05) is 33.3 Å². The second-order valence-electron chi connectivity index (χ2n) is 12.2. The lowest BCUT2D eigenvalue weighted by Gasteiger charge is -2.49. The minimum Gasteiger partial charge on any atom is -0.502 e. The molecular weight excluding hydrogens is 716 g/mol. The van der Waals surface area contributed by atoms with E-state index in [-0.39, 0.29) is 35.1 Å². The Bertz CT molecular complexity index is 1850. The van der Waals surface area contributed by atoms with E-state index in [0.29, 0.717) is 22.2 Å². The number of hydrogen-bond acceptors (Lipinski definition) is 9. The highest BCUT2D eigenvalue weighted by molar-refractivity contribution is 6.53. The van der Waals surface area contributed by atoms with Crippen molar-refractivity contribution in [3.8, 4) is 17.2 Å². The number of amides is 4. The highest BCUT2D eigenvalue weighted by Crippen LogP contribution is 2.63. The van der Waals surface area contributed by atoms with E-state index >= 15 is 0 Å². The number of methoxy groups -OCH3 is 2. The number of benzene rings is 1. The van der Waals surface area contributed by atoms with Gasteiger partial charge in [0.2, 0.25) is 5.75 Å². The Balaban J connectivity index is 1.43. The Morgan fingerprint density at radius 1 is 1.04 bits per heavy atom. The maximum absolute atomic E-state index is 14.2. The number of aromatic hydroxyl groups is 1.